The summed E-state index contributed by atoms with van der Waals surface area (Å²) in [6.07, 6.45) is 2.95. The van der Waals surface area contributed by atoms with E-state index in [1.54, 1.807) is 24.3 Å². The molecule has 1 heterocycles. The zero-order chi connectivity index (χ0) is 13.1. The van der Waals surface area contributed by atoms with E-state index in [0.29, 0.717) is 16.6 Å². The summed E-state index contributed by atoms with van der Waals surface area (Å²) in [7, 11) is -2.75. The number of hydrogen-bond donors (Lipinski definition) is 4. The van der Waals surface area contributed by atoms with Gasteiger partial charge in [0.2, 0.25) is 0 Å². The molecular formula is C10H11N4O3P. The fourth-order valence-electron chi connectivity index (χ4n) is 1.51. The number of aromatic amines is 1. The van der Waals surface area contributed by atoms with Crippen LogP contribution >= 0.6 is 8.18 Å². The summed E-state index contributed by atoms with van der Waals surface area (Å²) < 4.78 is 10.5. The lowest BCUT2D eigenvalue weighted by Crippen LogP contribution is -2.12. The average Bonchev–Trinajstić information content (AvgIpc) is 2.73. The van der Waals surface area contributed by atoms with Crippen molar-refractivity contribution in [3.63, 3.8) is 0 Å². The number of carbonyl (C=O) groups is 1. The normalized spacial score (nSPS) is 12.9. The molecule has 1 amide bonds. The van der Waals surface area contributed by atoms with E-state index in [0.717, 1.165) is 0 Å². The van der Waals surface area contributed by atoms with Gasteiger partial charge in [-0.2, -0.15) is 0 Å². The van der Waals surface area contributed by atoms with Gasteiger partial charge < -0.3 is 20.7 Å². The van der Waals surface area contributed by atoms with Crippen molar-refractivity contribution in [3.05, 3.63) is 35.8 Å². The minimum absolute atomic E-state index is 0.0783. The molecule has 0 aliphatic carbocycles. The molecule has 0 saturated heterocycles. The van der Waals surface area contributed by atoms with Crippen molar-refractivity contribution in [2.75, 3.05) is 0 Å². The zero-order valence-corrected chi connectivity index (χ0v) is 10.2. The smallest absolute Gasteiger partial charge is 0.284 e. The number of H-pyrrole nitrogens is 1. The second kappa shape index (κ2) is 5.03. The van der Waals surface area contributed by atoms with E-state index >= 15 is 0 Å². The van der Waals surface area contributed by atoms with Gasteiger partial charge in [0.15, 0.2) is 5.82 Å². The third-order valence-corrected chi connectivity index (χ3v) is 2.66. The Morgan fingerprint density at radius 2 is 2.33 bits per heavy atom. The zero-order valence-electron chi connectivity index (χ0n) is 9.18. The highest BCUT2D eigenvalue weighted by molar-refractivity contribution is 7.35. The fourth-order valence-corrected chi connectivity index (χ4v) is 1.73. The SMILES string of the molecule is NC(=O)c1nc2c(/C=C/N[PH](=O)O)cccc2[nH]1. The van der Waals surface area contributed by atoms with Crippen LogP contribution in [-0.4, -0.2) is 20.8 Å². The van der Waals surface area contributed by atoms with Gasteiger partial charge in [-0.25, -0.2) is 4.98 Å². The molecule has 0 aliphatic heterocycles. The molecule has 1 atom stereocenters. The summed E-state index contributed by atoms with van der Waals surface area (Å²) in [6.45, 7) is 0. The van der Waals surface area contributed by atoms with Crippen molar-refractivity contribution in [2.24, 2.45) is 5.73 Å². The van der Waals surface area contributed by atoms with Crippen LogP contribution in [0.2, 0.25) is 0 Å². The molecule has 1 aromatic heterocycles. The predicted molar refractivity (Wildman–Crippen MR) is 68.0 cm³/mol. The minimum Gasteiger partial charge on any atom is -0.363 e. The first-order valence-corrected chi connectivity index (χ1v) is 6.38. The lowest BCUT2D eigenvalue weighted by atomic mass is 10.2. The molecule has 1 aromatic carbocycles. The van der Waals surface area contributed by atoms with Crippen LogP contribution in [0.25, 0.3) is 17.1 Å². The number of fused-ring (bicyclic) bond motifs is 1. The fraction of sp³-hybridized carbons (Fsp3) is 0. The second-order valence-electron chi connectivity index (χ2n) is 3.48. The Bertz CT molecular complexity index is 650. The molecule has 94 valence electrons. The van der Waals surface area contributed by atoms with Crippen LogP contribution in [0.4, 0.5) is 0 Å². The standard InChI is InChI=1S/C10H11N4O3P/c11-9(15)10-13-7-3-1-2-6(8(7)14-10)4-5-12-18(16)17/h1-5,18H,(H2,11,15)(H,13,14)(H2,12,16,17)/b5-4+. The van der Waals surface area contributed by atoms with Gasteiger partial charge in [0.25, 0.3) is 14.1 Å². The number of amides is 1. The van der Waals surface area contributed by atoms with Gasteiger partial charge in [-0.1, -0.05) is 12.1 Å². The molecule has 18 heavy (non-hydrogen) atoms. The van der Waals surface area contributed by atoms with Gasteiger partial charge >= 0.3 is 0 Å². The van der Waals surface area contributed by atoms with E-state index in [2.05, 4.69) is 15.1 Å². The molecule has 1 unspecified atom stereocenters. The Balaban J connectivity index is 2.41. The molecule has 0 fully saturated rings. The molecule has 2 rings (SSSR count). The molecule has 7 nitrogen and oxygen atoms in total. The predicted octanol–water partition coefficient (Wildman–Crippen LogP) is 0.604. The lowest BCUT2D eigenvalue weighted by molar-refractivity contribution is 0.0991. The summed E-state index contributed by atoms with van der Waals surface area (Å²) in [5.41, 5.74) is 7.08. The lowest BCUT2D eigenvalue weighted by Gasteiger charge is -1.95. The number of para-hydroxylation sites is 1. The van der Waals surface area contributed by atoms with Gasteiger partial charge in [0.1, 0.15) is 0 Å². The number of rotatable bonds is 4. The number of nitrogens with zero attached hydrogens (tertiary/aromatic N) is 1. The third-order valence-electron chi connectivity index (χ3n) is 2.25. The number of aromatic nitrogens is 2. The maximum atomic E-state index is 11.0. The highest BCUT2D eigenvalue weighted by Crippen LogP contribution is 2.18. The highest BCUT2D eigenvalue weighted by Gasteiger charge is 2.09. The van der Waals surface area contributed by atoms with E-state index in [9.17, 15) is 9.36 Å². The maximum absolute atomic E-state index is 11.0. The molecule has 0 bridgehead atoms. The number of benzene rings is 1. The van der Waals surface area contributed by atoms with E-state index in [4.69, 9.17) is 10.6 Å². The van der Waals surface area contributed by atoms with Crippen molar-refractivity contribution < 1.29 is 14.3 Å². The number of nitrogens with two attached hydrogens (primary N) is 1. The molecular weight excluding hydrogens is 255 g/mol. The number of primary amides is 1. The van der Waals surface area contributed by atoms with Crippen molar-refractivity contribution in [1.82, 2.24) is 15.1 Å². The molecule has 2 aromatic rings. The van der Waals surface area contributed by atoms with Crippen LogP contribution in [0, 0.1) is 0 Å². The summed E-state index contributed by atoms with van der Waals surface area (Å²) in [5.74, 6) is -0.561. The summed E-state index contributed by atoms with van der Waals surface area (Å²) in [4.78, 5) is 26.5. The van der Waals surface area contributed by atoms with Crippen LogP contribution in [0.5, 0.6) is 0 Å². The number of carbonyl (C=O) groups excluding carboxylic acids is 1. The molecule has 8 heteroatoms. The van der Waals surface area contributed by atoms with Crippen LogP contribution in [0.3, 0.4) is 0 Å². The van der Waals surface area contributed by atoms with Crippen LogP contribution in [0.15, 0.2) is 24.4 Å². The van der Waals surface area contributed by atoms with Crippen LogP contribution in [-0.2, 0) is 4.57 Å². The van der Waals surface area contributed by atoms with Gasteiger partial charge in [-0.3, -0.25) is 9.36 Å². The molecule has 0 saturated carbocycles. The monoisotopic (exact) mass is 266 g/mol. The molecule has 0 radical (unpaired) electrons. The topological polar surface area (TPSA) is 121 Å². The van der Waals surface area contributed by atoms with Crippen LogP contribution < -0.4 is 10.8 Å². The Hall–Kier alpha value is -2.11. The first kappa shape index (κ1) is 12.3. The largest absolute Gasteiger partial charge is 0.363 e. The number of nitrogens with one attached hydrogen (secondary N) is 2. The van der Waals surface area contributed by atoms with Crippen LogP contribution in [0.1, 0.15) is 16.2 Å². The molecule has 5 N–H and O–H groups in total. The van der Waals surface area contributed by atoms with E-state index in [1.165, 1.54) is 6.20 Å². The Morgan fingerprint density at radius 1 is 1.56 bits per heavy atom. The van der Waals surface area contributed by atoms with Gasteiger partial charge in [0.05, 0.1) is 11.0 Å². The Labute approximate surface area is 103 Å². The molecule has 0 aliphatic rings. The summed E-state index contributed by atoms with van der Waals surface area (Å²) in [6, 6.07) is 5.29. The Kier molecular flexibility index (Phi) is 3.45. The van der Waals surface area contributed by atoms with E-state index in [1.807, 2.05) is 0 Å². The van der Waals surface area contributed by atoms with Crippen molar-refractivity contribution in [3.8, 4) is 0 Å². The number of hydrogen-bond acceptors (Lipinski definition) is 3. The maximum Gasteiger partial charge on any atom is 0.284 e. The molecule has 0 spiro atoms. The van der Waals surface area contributed by atoms with Crippen molar-refractivity contribution >= 4 is 31.2 Å². The first-order chi connectivity index (χ1) is 8.58. The quantitative estimate of drug-likeness (QED) is 0.604. The summed E-state index contributed by atoms with van der Waals surface area (Å²) >= 11 is 0. The van der Waals surface area contributed by atoms with Crippen molar-refractivity contribution in [1.29, 1.82) is 0 Å². The summed E-state index contributed by atoms with van der Waals surface area (Å²) in [5, 5.41) is 2.28. The van der Waals surface area contributed by atoms with Gasteiger partial charge in [0, 0.05) is 11.8 Å². The van der Waals surface area contributed by atoms with E-state index in [-0.39, 0.29) is 5.82 Å². The van der Waals surface area contributed by atoms with Gasteiger partial charge in [-0.15, -0.1) is 0 Å². The minimum atomic E-state index is -2.75. The first-order valence-electron chi connectivity index (χ1n) is 5.02. The highest BCUT2D eigenvalue weighted by atomic mass is 31.1. The van der Waals surface area contributed by atoms with Gasteiger partial charge in [-0.05, 0) is 12.1 Å². The average molecular weight is 266 g/mol. The third kappa shape index (κ3) is 2.58. The number of imidazole rings is 1. The van der Waals surface area contributed by atoms with Crippen molar-refractivity contribution in [2.45, 2.75) is 0 Å². The van der Waals surface area contributed by atoms with E-state index < -0.39 is 14.1 Å². The Morgan fingerprint density at radius 3 is 3.00 bits per heavy atom. The second-order valence-corrected chi connectivity index (χ2v) is 4.37.